The fourth-order valence-electron chi connectivity index (χ4n) is 2.86. The molecule has 13 heteroatoms. The number of oxazole rings is 1. The molecule has 0 spiro atoms. The molecule has 0 radical (unpaired) electrons. The third kappa shape index (κ3) is 4.75. The molecule has 33 heavy (non-hydrogen) atoms. The smallest absolute Gasteiger partial charge is 0.416 e. The molecule has 0 fully saturated rings. The van der Waals surface area contributed by atoms with Crippen molar-refractivity contribution in [3.8, 4) is 11.4 Å². The summed E-state index contributed by atoms with van der Waals surface area (Å²) in [6.07, 6.45) is -4.48. The predicted molar refractivity (Wildman–Crippen MR) is 114 cm³/mol. The van der Waals surface area contributed by atoms with Crippen molar-refractivity contribution in [2.24, 2.45) is 0 Å². The fraction of sp³-hybridized carbons (Fsp3) is 0.250. The lowest BCUT2D eigenvalue weighted by atomic mass is 10.1. The molecule has 4 rings (SSSR count). The Balaban J connectivity index is 1.55. The van der Waals surface area contributed by atoms with Crippen LogP contribution in [0, 0.1) is 0 Å². The van der Waals surface area contributed by atoms with Gasteiger partial charge in [0.2, 0.25) is 21.7 Å². The maximum Gasteiger partial charge on any atom is 0.416 e. The van der Waals surface area contributed by atoms with Gasteiger partial charge in [0.15, 0.2) is 5.58 Å². The first kappa shape index (κ1) is 23.3. The summed E-state index contributed by atoms with van der Waals surface area (Å²) in [7, 11) is -0.752. The topological polar surface area (TPSA) is 102 Å². The summed E-state index contributed by atoms with van der Waals surface area (Å²) in [4.78, 5) is 8.60. The van der Waals surface area contributed by atoms with E-state index in [1.54, 1.807) is 6.92 Å². The van der Waals surface area contributed by atoms with E-state index in [1.165, 1.54) is 44.4 Å². The maximum absolute atomic E-state index is 13.0. The van der Waals surface area contributed by atoms with Gasteiger partial charge in [0, 0.05) is 19.7 Å². The molecule has 2 aromatic carbocycles. The minimum atomic E-state index is -4.48. The zero-order chi connectivity index (χ0) is 24.0. The Morgan fingerprint density at radius 1 is 1.09 bits per heavy atom. The van der Waals surface area contributed by atoms with E-state index in [-0.39, 0.29) is 27.4 Å². The lowest BCUT2D eigenvalue weighted by molar-refractivity contribution is -0.137. The second-order valence-electron chi connectivity index (χ2n) is 7.19. The zero-order valence-corrected chi connectivity index (χ0v) is 19.1. The Morgan fingerprint density at radius 3 is 2.55 bits per heavy atom. The monoisotopic (exact) mass is 498 g/mol. The van der Waals surface area contributed by atoms with Gasteiger partial charge in [0.1, 0.15) is 5.52 Å². The second kappa shape index (κ2) is 8.47. The van der Waals surface area contributed by atoms with Gasteiger partial charge in [-0.15, -0.1) is 0 Å². The number of hydrogen-bond acceptors (Lipinski definition) is 8. The summed E-state index contributed by atoms with van der Waals surface area (Å²) >= 11 is 1.14. The molecule has 0 bridgehead atoms. The third-order valence-electron chi connectivity index (χ3n) is 4.63. The summed E-state index contributed by atoms with van der Waals surface area (Å²) in [6.45, 7) is 1.74. The molecule has 4 aromatic rings. The lowest BCUT2D eigenvalue weighted by Gasteiger charge is -2.10. The SMILES string of the molecule is CC(Sc1nc2cc(S(=O)(=O)N(C)C)ccc2o1)c1nc(-c2cccc(C(F)(F)F)c2)no1. The van der Waals surface area contributed by atoms with E-state index in [1.807, 2.05) is 0 Å². The van der Waals surface area contributed by atoms with Crippen molar-refractivity contribution in [3.05, 3.63) is 53.9 Å². The van der Waals surface area contributed by atoms with Crippen LogP contribution in [-0.4, -0.2) is 41.9 Å². The average molecular weight is 499 g/mol. The van der Waals surface area contributed by atoms with Crippen LogP contribution in [0.25, 0.3) is 22.5 Å². The van der Waals surface area contributed by atoms with Crippen LogP contribution in [0.2, 0.25) is 0 Å². The van der Waals surface area contributed by atoms with Crippen LogP contribution in [-0.2, 0) is 16.2 Å². The number of sulfonamides is 1. The first-order valence-corrected chi connectivity index (χ1v) is 11.8. The molecule has 0 saturated heterocycles. The Morgan fingerprint density at radius 2 is 1.85 bits per heavy atom. The van der Waals surface area contributed by atoms with Gasteiger partial charge < -0.3 is 8.94 Å². The van der Waals surface area contributed by atoms with E-state index in [0.29, 0.717) is 11.1 Å². The molecule has 0 N–H and O–H groups in total. The third-order valence-corrected chi connectivity index (χ3v) is 7.38. The van der Waals surface area contributed by atoms with Crippen LogP contribution in [0.5, 0.6) is 0 Å². The summed E-state index contributed by atoms with van der Waals surface area (Å²) in [5, 5.41) is 3.59. The Labute approximate surface area is 190 Å². The first-order valence-electron chi connectivity index (χ1n) is 9.46. The quantitative estimate of drug-likeness (QED) is 0.342. The molecular formula is C20H17F3N4O4S2. The highest BCUT2D eigenvalue weighted by molar-refractivity contribution is 7.99. The first-order chi connectivity index (χ1) is 15.4. The van der Waals surface area contributed by atoms with Crippen LogP contribution in [0.3, 0.4) is 0 Å². The molecule has 1 atom stereocenters. The number of halogens is 3. The summed E-state index contributed by atoms with van der Waals surface area (Å²) in [6, 6.07) is 9.02. The molecule has 174 valence electrons. The van der Waals surface area contributed by atoms with Gasteiger partial charge in [0.25, 0.3) is 5.22 Å². The Kier molecular flexibility index (Phi) is 5.97. The van der Waals surface area contributed by atoms with Gasteiger partial charge >= 0.3 is 6.18 Å². The predicted octanol–water partition coefficient (Wildman–Crippen LogP) is 5.00. The van der Waals surface area contributed by atoms with Gasteiger partial charge in [-0.25, -0.2) is 17.7 Å². The van der Waals surface area contributed by atoms with Crippen molar-refractivity contribution in [2.45, 2.75) is 28.5 Å². The Hall–Kier alpha value is -2.90. The van der Waals surface area contributed by atoms with Crippen molar-refractivity contribution in [3.63, 3.8) is 0 Å². The molecule has 0 amide bonds. The van der Waals surface area contributed by atoms with Gasteiger partial charge in [-0.1, -0.05) is 29.1 Å². The summed E-state index contributed by atoms with van der Waals surface area (Å²) in [5.74, 6) is 0.199. The molecule has 2 heterocycles. The molecular weight excluding hydrogens is 481 g/mol. The zero-order valence-electron chi connectivity index (χ0n) is 17.5. The van der Waals surface area contributed by atoms with Crippen LogP contribution in [0.1, 0.15) is 23.6 Å². The van der Waals surface area contributed by atoms with E-state index >= 15 is 0 Å². The molecule has 0 aliphatic rings. The van der Waals surface area contributed by atoms with Crippen molar-refractivity contribution in [1.29, 1.82) is 0 Å². The highest BCUT2D eigenvalue weighted by Gasteiger charge is 2.31. The molecule has 0 saturated carbocycles. The molecule has 2 aromatic heterocycles. The van der Waals surface area contributed by atoms with E-state index in [2.05, 4.69) is 15.1 Å². The Bertz CT molecular complexity index is 1410. The highest BCUT2D eigenvalue weighted by atomic mass is 32.2. The number of hydrogen-bond donors (Lipinski definition) is 0. The molecule has 0 aliphatic heterocycles. The number of fused-ring (bicyclic) bond motifs is 1. The highest BCUT2D eigenvalue weighted by Crippen LogP contribution is 2.37. The fourth-order valence-corrected chi connectivity index (χ4v) is 4.57. The summed E-state index contributed by atoms with van der Waals surface area (Å²) < 4.78 is 75.5. The number of alkyl halides is 3. The van der Waals surface area contributed by atoms with Gasteiger partial charge in [0.05, 0.1) is 15.7 Å². The van der Waals surface area contributed by atoms with Gasteiger partial charge in [-0.05, 0) is 37.3 Å². The van der Waals surface area contributed by atoms with Crippen molar-refractivity contribution < 1.29 is 30.5 Å². The number of aromatic nitrogens is 3. The molecule has 8 nitrogen and oxygen atoms in total. The number of rotatable bonds is 6. The minimum Gasteiger partial charge on any atom is -0.431 e. The number of nitrogens with zero attached hydrogens (tertiary/aromatic N) is 4. The van der Waals surface area contributed by atoms with E-state index in [9.17, 15) is 21.6 Å². The van der Waals surface area contributed by atoms with Crippen LogP contribution in [0.4, 0.5) is 13.2 Å². The van der Waals surface area contributed by atoms with Crippen molar-refractivity contribution >= 4 is 32.9 Å². The number of thioether (sulfide) groups is 1. The average Bonchev–Trinajstić information content (AvgIpc) is 3.39. The van der Waals surface area contributed by atoms with E-state index in [4.69, 9.17) is 8.94 Å². The van der Waals surface area contributed by atoms with E-state index in [0.717, 1.165) is 28.2 Å². The lowest BCUT2D eigenvalue weighted by Crippen LogP contribution is -2.22. The summed E-state index contributed by atoms with van der Waals surface area (Å²) in [5.41, 5.74) is 0.129. The van der Waals surface area contributed by atoms with Gasteiger partial charge in [-0.3, -0.25) is 0 Å². The minimum absolute atomic E-state index is 0.0275. The second-order valence-corrected chi connectivity index (χ2v) is 10.6. The van der Waals surface area contributed by atoms with Crippen LogP contribution >= 0.6 is 11.8 Å². The maximum atomic E-state index is 13.0. The molecule has 0 aliphatic carbocycles. The standard InChI is InChI=1S/C20H17F3N4O4S2/c1-11(18-25-17(26-31-18)12-5-4-6-13(9-12)20(21,22)23)32-19-24-15-10-14(7-8-16(15)30-19)33(28,29)27(2)3/h4-11H,1-3H3. The van der Waals surface area contributed by atoms with E-state index < -0.39 is 27.0 Å². The number of benzene rings is 2. The van der Waals surface area contributed by atoms with Crippen molar-refractivity contribution in [2.75, 3.05) is 14.1 Å². The molecule has 1 unspecified atom stereocenters. The van der Waals surface area contributed by atoms with Gasteiger partial charge in [-0.2, -0.15) is 18.2 Å². The van der Waals surface area contributed by atoms with Crippen LogP contribution < -0.4 is 0 Å². The largest absolute Gasteiger partial charge is 0.431 e. The van der Waals surface area contributed by atoms with Crippen molar-refractivity contribution in [1.82, 2.24) is 19.4 Å². The normalized spacial score (nSPS) is 13.7. The van der Waals surface area contributed by atoms with Crippen LogP contribution in [0.15, 0.2) is 61.5 Å².